The fourth-order valence-corrected chi connectivity index (χ4v) is 3.01. The molecule has 1 N–H and O–H groups in total. The number of carbonyl (C=O) groups is 2. The van der Waals surface area contributed by atoms with E-state index in [2.05, 4.69) is 13.8 Å². The molecule has 0 radical (unpaired) electrons. The van der Waals surface area contributed by atoms with E-state index in [4.69, 9.17) is 9.84 Å². The summed E-state index contributed by atoms with van der Waals surface area (Å²) in [6.45, 7) is 5.05. The SMILES string of the molecule is CCCCCC(CCCCC)CCOC(=O)CCC(=O)CCCCO. The summed E-state index contributed by atoms with van der Waals surface area (Å²) in [6, 6.07) is 0. The molecule has 0 aromatic rings. The Morgan fingerprint density at radius 3 is 2.00 bits per heavy atom. The number of esters is 1. The first-order valence-corrected chi connectivity index (χ1v) is 10.4. The van der Waals surface area contributed by atoms with Crippen LogP contribution in [0.1, 0.15) is 104 Å². The van der Waals surface area contributed by atoms with Crippen LogP contribution in [0.25, 0.3) is 0 Å². The highest BCUT2D eigenvalue weighted by molar-refractivity contribution is 5.82. The molecule has 4 nitrogen and oxygen atoms in total. The summed E-state index contributed by atoms with van der Waals surface area (Å²) >= 11 is 0. The van der Waals surface area contributed by atoms with Crippen molar-refractivity contribution in [3.63, 3.8) is 0 Å². The van der Waals surface area contributed by atoms with Crippen molar-refractivity contribution in [2.24, 2.45) is 5.92 Å². The molecule has 0 rings (SSSR count). The van der Waals surface area contributed by atoms with Crippen LogP contribution in [0.3, 0.4) is 0 Å². The molecule has 0 fully saturated rings. The molecule has 0 spiro atoms. The summed E-state index contributed by atoms with van der Waals surface area (Å²) in [4.78, 5) is 23.4. The number of ether oxygens (including phenoxy) is 1. The lowest BCUT2D eigenvalue weighted by molar-refractivity contribution is -0.145. The summed E-state index contributed by atoms with van der Waals surface area (Å²) in [7, 11) is 0. The molecule has 0 amide bonds. The quantitative estimate of drug-likeness (QED) is 0.270. The molecular formula is C21H40O4. The first-order chi connectivity index (χ1) is 12.1. The Bertz CT molecular complexity index is 318. The standard InChI is InChI=1S/C21H40O4/c1-3-5-7-11-19(12-8-6-4-2)16-18-25-21(24)15-14-20(23)13-9-10-17-22/h19,22H,3-18H2,1-2H3. The predicted molar refractivity (Wildman–Crippen MR) is 103 cm³/mol. The summed E-state index contributed by atoms with van der Waals surface area (Å²) in [5.74, 6) is 0.491. The Morgan fingerprint density at radius 2 is 1.44 bits per heavy atom. The van der Waals surface area contributed by atoms with Crippen LogP contribution in [-0.2, 0) is 14.3 Å². The van der Waals surface area contributed by atoms with Gasteiger partial charge in [-0.05, 0) is 25.2 Å². The largest absolute Gasteiger partial charge is 0.466 e. The molecule has 0 unspecified atom stereocenters. The number of hydrogen-bond donors (Lipinski definition) is 1. The lowest BCUT2D eigenvalue weighted by Gasteiger charge is -2.16. The van der Waals surface area contributed by atoms with E-state index in [-0.39, 0.29) is 31.2 Å². The Labute approximate surface area is 154 Å². The second-order valence-electron chi connectivity index (χ2n) is 7.09. The van der Waals surface area contributed by atoms with Gasteiger partial charge in [-0.1, -0.05) is 65.2 Å². The zero-order valence-corrected chi connectivity index (χ0v) is 16.6. The zero-order valence-electron chi connectivity index (χ0n) is 16.6. The van der Waals surface area contributed by atoms with Crippen molar-refractivity contribution in [1.29, 1.82) is 0 Å². The lowest BCUT2D eigenvalue weighted by Crippen LogP contribution is -2.12. The first-order valence-electron chi connectivity index (χ1n) is 10.4. The van der Waals surface area contributed by atoms with Gasteiger partial charge in [0.1, 0.15) is 5.78 Å². The molecule has 0 heterocycles. The van der Waals surface area contributed by atoms with Crippen molar-refractivity contribution in [3.8, 4) is 0 Å². The number of hydrogen-bond acceptors (Lipinski definition) is 4. The van der Waals surface area contributed by atoms with Gasteiger partial charge in [-0.25, -0.2) is 0 Å². The molecule has 0 bridgehead atoms. The topological polar surface area (TPSA) is 63.6 Å². The zero-order chi connectivity index (χ0) is 18.8. The van der Waals surface area contributed by atoms with E-state index in [1.165, 1.54) is 51.4 Å². The smallest absolute Gasteiger partial charge is 0.306 e. The van der Waals surface area contributed by atoms with Crippen molar-refractivity contribution in [1.82, 2.24) is 0 Å². The van der Waals surface area contributed by atoms with Gasteiger partial charge in [0.25, 0.3) is 0 Å². The molecule has 0 aliphatic carbocycles. The third kappa shape index (κ3) is 16.3. The second kappa shape index (κ2) is 17.9. The molecule has 0 aromatic carbocycles. The van der Waals surface area contributed by atoms with E-state index >= 15 is 0 Å². The van der Waals surface area contributed by atoms with Crippen LogP contribution in [0.5, 0.6) is 0 Å². The molecule has 25 heavy (non-hydrogen) atoms. The van der Waals surface area contributed by atoms with E-state index in [1.807, 2.05) is 0 Å². The van der Waals surface area contributed by atoms with Crippen molar-refractivity contribution < 1.29 is 19.4 Å². The maximum absolute atomic E-state index is 11.8. The van der Waals surface area contributed by atoms with Crippen molar-refractivity contribution in [2.45, 2.75) is 104 Å². The summed E-state index contributed by atoms with van der Waals surface area (Å²) in [5, 5.41) is 8.69. The first kappa shape index (κ1) is 24.1. The Kier molecular flexibility index (Phi) is 17.3. The van der Waals surface area contributed by atoms with Gasteiger partial charge in [-0.3, -0.25) is 9.59 Å². The average molecular weight is 357 g/mol. The molecule has 0 atom stereocenters. The maximum Gasteiger partial charge on any atom is 0.306 e. The van der Waals surface area contributed by atoms with Crippen LogP contribution in [0.4, 0.5) is 0 Å². The van der Waals surface area contributed by atoms with Crippen LogP contribution < -0.4 is 0 Å². The van der Waals surface area contributed by atoms with Gasteiger partial charge in [0.05, 0.1) is 13.0 Å². The minimum Gasteiger partial charge on any atom is -0.466 e. The van der Waals surface area contributed by atoms with E-state index in [0.717, 1.165) is 6.42 Å². The van der Waals surface area contributed by atoms with Gasteiger partial charge >= 0.3 is 5.97 Å². The number of aliphatic hydroxyl groups is 1. The molecule has 4 heteroatoms. The Hall–Kier alpha value is -0.900. The lowest BCUT2D eigenvalue weighted by atomic mass is 9.92. The van der Waals surface area contributed by atoms with E-state index < -0.39 is 0 Å². The van der Waals surface area contributed by atoms with Crippen molar-refractivity contribution in [3.05, 3.63) is 0 Å². The highest BCUT2D eigenvalue weighted by atomic mass is 16.5. The fraction of sp³-hybridized carbons (Fsp3) is 0.905. The minimum atomic E-state index is -0.253. The highest BCUT2D eigenvalue weighted by Gasteiger charge is 2.11. The number of rotatable bonds is 18. The van der Waals surface area contributed by atoms with Crippen LogP contribution >= 0.6 is 0 Å². The Balaban J connectivity index is 3.87. The predicted octanol–water partition coefficient (Wildman–Crippen LogP) is 5.21. The van der Waals surface area contributed by atoms with Gasteiger partial charge in [-0.15, -0.1) is 0 Å². The normalized spacial score (nSPS) is 11.0. The highest BCUT2D eigenvalue weighted by Crippen LogP contribution is 2.21. The van der Waals surface area contributed by atoms with E-state index in [1.54, 1.807) is 0 Å². The summed E-state index contributed by atoms with van der Waals surface area (Å²) in [6.07, 6.45) is 13.2. The third-order valence-electron chi connectivity index (χ3n) is 4.69. The van der Waals surface area contributed by atoms with Gasteiger partial charge in [0.2, 0.25) is 0 Å². The van der Waals surface area contributed by atoms with E-state index in [9.17, 15) is 9.59 Å². The molecule has 0 saturated carbocycles. The van der Waals surface area contributed by atoms with E-state index in [0.29, 0.717) is 31.8 Å². The third-order valence-corrected chi connectivity index (χ3v) is 4.69. The molecule has 0 aromatic heterocycles. The van der Waals surface area contributed by atoms with Gasteiger partial charge in [-0.2, -0.15) is 0 Å². The molecule has 148 valence electrons. The number of carbonyl (C=O) groups excluding carboxylic acids is 2. The minimum absolute atomic E-state index is 0.0856. The molecular weight excluding hydrogens is 316 g/mol. The number of Topliss-reactive ketones (excluding diaryl/α,β-unsaturated/α-hetero) is 1. The van der Waals surface area contributed by atoms with Crippen molar-refractivity contribution in [2.75, 3.05) is 13.2 Å². The average Bonchev–Trinajstić information content (AvgIpc) is 2.60. The Morgan fingerprint density at radius 1 is 0.800 bits per heavy atom. The van der Waals surface area contributed by atoms with Crippen LogP contribution in [-0.4, -0.2) is 30.1 Å². The summed E-state index contributed by atoms with van der Waals surface area (Å²) < 4.78 is 5.33. The van der Waals surface area contributed by atoms with Crippen molar-refractivity contribution >= 4 is 11.8 Å². The summed E-state index contributed by atoms with van der Waals surface area (Å²) in [5.41, 5.74) is 0. The molecule has 0 aliphatic heterocycles. The second-order valence-corrected chi connectivity index (χ2v) is 7.09. The van der Waals surface area contributed by atoms with Gasteiger partial charge in [0.15, 0.2) is 0 Å². The molecule has 0 aliphatic rings. The molecule has 0 saturated heterocycles. The number of unbranched alkanes of at least 4 members (excludes halogenated alkanes) is 5. The van der Waals surface area contributed by atoms with Gasteiger partial charge < -0.3 is 9.84 Å². The van der Waals surface area contributed by atoms with Crippen LogP contribution in [0, 0.1) is 5.92 Å². The number of aliphatic hydroxyl groups excluding tert-OH is 1. The fourth-order valence-electron chi connectivity index (χ4n) is 3.01. The van der Waals surface area contributed by atoms with Crippen LogP contribution in [0.15, 0.2) is 0 Å². The number of ketones is 1. The monoisotopic (exact) mass is 356 g/mol. The van der Waals surface area contributed by atoms with Crippen LogP contribution in [0.2, 0.25) is 0 Å². The van der Waals surface area contributed by atoms with Gasteiger partial charge in [0, 0.05) is 19.4 Å². The maximum atomic E-state index is 11.8.